The van der Waals surface area contributed by atoms with Crippen molar-refractivity contribution in [1.82, 2.24) is 0 Å². The molecule has 0 atom stereocenters. The maximum absolute atomic E-state index is 5.41. The van der Waals surface area contributed by atoms with E-state index in [1.807, 2.05) is 13.8 Å². The van der Waals surface area contributed by atoms with E-state index in [9.17, 15) is 0 Å². The molecule has 0 bridgehead atoms. The Kier molecular flexibility index (Phi) is 10.7. The van der Waals surface area contributed by atoms with Crippen molar-refractivity contribution >= 4 is 9.28 Å². The first-order valence-corrected chi connectivity index (χ1v) is 6.60. The SMILES string of the molecule is C=CC[SiH](OCOCC)OCOCC. The molecule has 0 amide bonds. The number of hydrogen-bond acceptors (Lipinski definition) is 4. The fourth-order valence-corrected chi connectivity index (χ4v) is 1.87. The summed E-state index contributed by atoms with van der Waals surface area (Å²) in [4.78, 5) is 0. The summed E-state index contributed by atoms with van der Waals surface area (Å²) in [5.41, 5.74) is 0. The molecule has 0 aliphatic rings. The molecule has 0 aromatic carbocycles. The van der Waals surface area contributed by atoms with E-state index < -0.39 is 9.28 Å². The van der Waals surface area contributed by atoms with E-state index >= 15 is 0 Å². The van der Waals surface area contributed by atoms with Crippen molar-refractivity contribution in [2.75, 3.05) is 26.8 Å². The lowest BCUT2D eigenvalue weighted by Crippen LogP contribution is -2.24. The maximum atomic E-state index is 5.41. The van der Waals surface area contributed by atoms with Gasteiger partial charge >= 0.3 is 9.28 Å². The smallest absolute Gasteiger partial charge is 0.328 e. The molecule has 0 N–H and O–H groups in total. The van der Waals surface area contributed by atoms with Crippen molar-refractivity contribution in [1.29, 1.82) is 0 Å². The summed E-state index contributed by atoms with van der Waals surface area (Å²) in [5.74, 6) is 0. The predicted molar refractivity (Wildman–Crippen MR) is 57.3 cm³/mol. The van der Waals surface area contributed by atoms with E-state index in [0.29, 0.717) is 26.8 Å². The molecule has 0 radical (unpaired) electrons. The van der Waals surface area contributed by atoms with E-state index in [0.717, 1.165) is 6.04 Å². The molecule has 0 saturated carbocycles. The maximum Gasteiger partial charge on any atom is 0.328 e. The molecule has 0 aromatic rings. The van der Waals surface area contributed by atoms with Gasteiger partial charge in [-0.05, 0) is 13.8 Å². The summed E-state index contributed by atoms with van der Waals surface area (Å²) in [6.07, 6.45) is 1.80. The fraction of sp³-hybridized carbons (Fsp3) is 0.778. The first-order valence-electron chi connectivity index (χ1n) is 4.84. The van der Waals surface area contributed by atoms with Gasteiger partial charge in [-0.15, -0.1) is 6.58 Å². The van der Waals surface area contributed by atoms with Gasteiger partial charge in [0.05, 0.1) is 0 Å². The molecule has 0 aliphatic heterocycles. The van der Waals surface area contributed by atoms with Gasteiger partial charge < -0.3 is 18.3 Å². The Morgan fingerprint density at radius 3 is 1.93 bits per heavy atom. The van der Waals surface area contributed by atoms with Gasteiger partial charge in [0.1, 0.15) is 13.6 Å². The first kappa shape index (κ1) is 13.8. The average Bonchev–Trinajstić information content (AvgIpc) is 2.18. The first-order chi connectivity index (χ1) is 6.85. The van der Waals surface area contributed by atoms with Gasteiger partial charge in [0.15, 0.2) is 0 Å². The minimum absolute atomic E-state index is 0.299. The second-order valence-electron chi connectivity index (χ2n) is 2.51. The van der Waals surface area contributed by atoms with E-state index in [4.69, 9.17) is 18.3 Å². The van der Waals surface area contributed by atoms with Crippen molar-refractivity contribution in [3.63, 3.8) is 0 Å². The lowest BCUT2D eigenvalue weighted by molar-refractivity contribution is -0.0287. The van der Waals surface area contributed by atoms with Gasteiger partial charge in [0.2, 0.25) is 0 Å². The summed E-state index contributed by atoms with van der Waals surface area (Å²) in [5, 5.41) is 0. The van der Waals surface area contributed by atoms with Gasteiger partial charge in [0, 0.05) is 19.3 Å². The van der Waals surface area contributed by atoms with Crippen molar-refractivity contribution in [2.45, 2.75) is 19.9 Å². The third kappa shape index (κ3) is 8.40. The minimum Gasteiger partial charge on any atom is -0.372 e. The highest BCUT2D eigenvalue weighted by molar-refractivity contribution is 6.44. The highest BCUT2D eigenvalue weighted by atomic mass is 28.3. The van der Waals surface area contributed by atoms with Crippen LogP contribution in [0, 0.1) is 0 Å². The van der Waals surface area contributed by atoms with Crippen LogP contribution in [-0.2, 0) is 18.3 Å². The fourth-order valence-electron chi connectivity index (χ4n) is 0.735. The number of allylic oxidation sites excluding steroid dienone is 1. The van der Waals surface area contributed by atoms with Crippen molar-refractivity contribution in [2.24, 2.45) is 0 Å². The van der Waals surface area contributed by atoms with Crippen LogP contribution in [0.25, 0.3) is 0 Å². The third-order valence-corrected chi connectivity index (χ3v) is 3.18. The van der Waals surface area contributed by atoms with Crippen molar-refractivity contribution < 1.29 is 18.3 Å². The lowest BCUT2D eigenvalue weighted by atomic mass is 10.8. The molecule has 0 unspecified atom stereocenters. The van der Waals surface area contributed by atoms with Crippen LogP contribution in [0.2, 0.25) is 6.04 Å². The molecule has 5 heteroatoms. The van der Waals surface area contributed by atoms with Gasteiger partial charge in [-0.3, -0.25) is 0 Å². The standard InChI is InChI=1S/C9H20O4Si/c1-4-7-14(12-8-10-5-2)13-9-11-6-3/h4,14H,1,5-9H2,2-3H3. The van der Waals surface area contributed by atoms with Crippen LogP contribution in [0.1, 0.15) is 13.8 Å². The van der Waals surface area contributed by atoms with Gasteiger partial charge in [-0.25, -0.2) is 0 Å². The monoisotopic (exact) mass is 220 g/mol. The highest BCUT2D eigenvalue weighted by Crippen LogP contribution is 1.98. The number of ether oxygens (including phenoxy) is 2. The van der Waals surface area contributed by atoms with Crippen LogP contribution in [-0.4, -0.2) is 36.1 Å². The number of rotatable bonds is 10. The van der Waals surface area contributed by atoms with Gasteiger partial charge in [0.25, 0.3) is 0 Å². The highest BCUT2D eigenvalue weighted by Gasteiger charge is 2.10. The van der Waals surface area contributed by atoms with Crippen molar-refractivity contribution in [3.8, 4) is 0 Å². The zero-order valence-corrected chi connectivity index (χ0v) is 10.2. The molecule has 0 aromatic heterocycles. The minimum atomic E-state index is -1.67. The predicted octanol–water partition coefficient (Wildman–Crippen LogP) is 1.41. The second-order valence-corrected chi connectivity index (χ2v) is 4.51. The van der Waals surface area contributed by atoms with Crippen LogP contribution in [0.15, 0.2) is 12.7 Å². The van der Waals surface area contributed by atoms with E-state index in [-0.39, 0.29) is 0 Å². The Labute approximate surface area is 87.6 Å². The van der Waals surface area contributed by atoms with Crippen LogP contribution in [0.5, 0.6) is 0 Å². The molecule has 0 spiro atoms. The quantitative estimate of drug-likeness (QED) is 0.241. The molecular weight excluding hydrogens is 200 g/mol. The molecule has 14 heavy (non-hydrogen) atoms. The topological polar surface area (TPSA) is 36.9 Å². The van der Waals surface area contributed by atoms with E-state index in [1.165, 1.54) is 0 Å². The summed E-state index contributed by atoms with van der Waals surface area (Å²) >= 11 is 0. The summed E-state index contributed by atoms with van der Waals surface area (Å²) in [6, 6.07) is 0.764. The molecule has 4 nitrogen and oxygen atoms in total. The normalized spacial score (nSPS) is 10.8. The Morgan fingerprint density at radius 2 is 1.57 bits per heavy atom. The summed E-state index contributed by atoms with van der Waals surface area (Å²) < 4.78 is 21.0. The van der Waals surface area contributed by atoms with Gasteiger partial charge in [-0.2, -0.15) is 0 Å². The van der Waals surface area contributed by atoms with Crippen LogP contribution in [0.3, 0.4) is 0 Å². The Hall–Kier alpha value is -0.203. The van der Waals surface area contributed by atoms with E-state index in [1.54, 1.807) is 6.08 Å². The molecular formula is C9H20O4Si. The summed E-state index contributed by atoms with van der Waals surface area (Å²) in [7, 11) is -1.67. The number of hydrogen-bond donors (Lipinski definition) is 0. The Balaban J connectivity index is 3.49. The van der Waals surface area contributed by atoms with Crippen molar-refractivity contribution in [3.05, 3.63) is 12.7 Å². The van der Waals surface area contributed by atoms with Crippen LogP contribution in [0.4, 0.5) is 0 Å². The summed E-state index contributed by atoms with van der Waals surface area (Å²) in [6.45, 7) is 9.41. The molecule has 0 fully saturated rings. The second kappa shape index (κ2) is 10.9. The largest absolute Gasteiger partial charge is 0.372 e. The van der Waals surface area contributed by atoms with Crippen LogP contribution < -0.4 is 0 Å². The van der Waals surface area contributed by atoms with E-state index in [2.05, 4.69) is 6.58 Å². The molecule has 0 saturated heterocycles. The molecule has 84 valence electrons. The zero-order chi connectivity index (χ0) is 10.6. The molecule has 0 heterocycles. The van der Waals surface area contributed by atoms with Crippen LogP contribution >= 0.6 is 0 Å². The molecule has 0 aliphatic carbocycles. The average molecular weight is 220 g/mol. The molecule has 0 rings (SSSR count). The lowest BCUT2D eigenvalue weighted by Gasteiger charge is -2.14. The Bertz CT molecular complexity index is 122. The third-order valence-electron chi connectivity index (χ3n) is 1.44. The van der Waals surface area contributed by atoms with Gasteiger partial charge in [-0.1, -0.05) is 6.08 Å². The Morgan fingerprint density at radius 1 is 1.07 bits per heavy atom. The zero-order valence-electron chi connectivity index (χ0n) is 9.03.